The van der Waals surface area contributed by atoms with E-state index >= 15 is 0 Å². The molecule has 1 atom stereocenters. The van der Waals surface area contributed by atoms with Crippen molar-refractivity contribution in [3.63, 3.8) is 0 Å². The minimum absolute atomic E-state index is 0.181. The summed E-state index contributed by atoms with van der Waals surface area (Å²) in [4.78, 5) is 35.7. The number of benzene rings is 1. The number of aromatic amines is 1. The first kappa shape index (κ1) is 19.7. The lowest BCUT2D eigenvalue weighted by Gasteiger charge is -2.13. The van der Waals surface area contributed by atoms with Gasteiger partial charge in [0.05, 0.1) is 10.9 Å². The molecule has 0 radical (unpaired) electrons. The molecular formula is C20H24N4O4. The number of esters is 1. The molecule has 8 heteroatoms. The average Bonchev–Trinajstić information content (AvgIpc) is 3.11. The number of nitrogens with zero attached hydrogens (tertiary/aromatic N) is 3. The van der Waals surface area contributed by atoms with Crippen LogP contribution in [-0.2, 0) is 21.4 Å². The van der Waals surface area contributed by atoms with Gasteiger partial charge in [0.15, 0.2) is 17.8 Å². The molecule has 2 aromatic heterocycles. The highest BCUT2D eigenvalue weighted by molar-refractivity contribution is 5.77. The third-order valence-electron chi connectivity index (χ3n) is 4.23. The lowest BCUT2D eigenvalue weighted by molar-refractivity contribution is -0.149. The molecule has 0 aliphatic heterocycles. The van der Waals surface area contributed by atoms with Crippen LogP contribution in [0.1, 0.15) is 64.2 Å². The van der Waals surface area contributed by atoms with Crippen molar-refractivity contribution in [3.8, 4) is 0 Å². The molecule has 148 valence electrons. The third kappa shape index (κ3) is 4.62. The molecule has 0 saturated carbocycles. The van der Waals surface area contributed by atoms with Crippen molar-refractivity contribution in [2.75, 3.05) is 0 Å². The lowest BCUT2D eigenvalue weighted by atomic mass is 9.96. The molecule has 0 amide bonds. The van der Waals surface area contributed by atoms with Crippen LogP contribution in [0.5, 0.6) is 0 Å². The van der Waals surface area contributed by atoms with Gasteiger partial charge in [-0.15, -0.1) is 0 Å². The first-order valence-corrected chi connectivity index (χ1v) is 9.25. The standard InChI is InChI=1S/C20H24N4O4/c1-12(17-21-14-9-6-5-8-13(14)18(26)23-17)27-16(25)11-7-10-15-22-19(24-28-15)20(2,3)4/h5-6,8-9,12H,7,10-11H2,1-4H3,(H,21,23,26). The van der Waals surface area contributed by atoms with Gasteiger partial charge in [-0.2, -0.15) is 4.98 Å². The maximum absolute atomic E-state index is 12.1. The van der Waals surface area contributed by atoms with Gasteiger partial charge >= 0.3 is 5.97 Å². The fourth-order valence-corrected chi connectivity index (χ4v) is 2.65. The average molecular weight is 384 g/mol. The normalized spacial score (nSPS) is 12.9. The van der Waals surface area contributed by atoms with Crippen molar-refractivity contribution in [1.82, 2.24) is 20.1 Å². The first-order valence-electron chi connectivity index (χ1n) is 9.25. The van der Waals surface area contributed by atoms with Crippen molar-refractivity contribution in [3.05, 3.63) is 52.2 Å². The van der Waals surface area contributed by atoms with E-state index < -0.39 is 6.10 Å². The van der Waals surface area contributed by atoms with E-state index in [1.54, 1.807) is 31.2 Å². The number of fused-ring (bicyclic) bond motifs is 1. The summed E-state index contributed by atoms with van der Waals surface area (Å²) < 4.78 is 10.6. The van der Waals surface area contributed by atoms with Crippen molar-refractivity contribution < 1.29 is 14.1 Å². The highest BCUT2D eigenvalue weighted by Gasteiger charge is 2.21. The van der Waals surface area contributed by atoms with Gasteiger partial charge in [-0.05, 0) is 25.5 Å². The van der Waals surface area contributed by atoms with E-state index in [0.29, 0.717) is 41.3 Å². The van der Waals surface area contributed by atoms with E-state index in [-0.39, 0.29) is 23.4 Å². The lowest BCUT2D eigenvalue weighted by Crippen LogP contribution is -2.17. The van der Waals surface area contributed by atoms with Crippen LogP contribution in [-0.4, -0.2) is 26.1 Å². The Kier molecular flexibility index (Phi) is 5.58. The number of carbonyl (C=O) groups excluding carboxylic acids is 1. The van der Waals surface area contributed by atoms with Crippen molar-refractivity contribution in [1.29, 1.82) is 0 Å². The monoisotopic (exact) mass is 384 g/mol. The smallest absolute Gasteiger partial charge is 0.306 e. The zero-order valence-electron chi connectivity index (χ0n) is 16.5. The quantitative estimate of drug-likeness (QED) is 0.649. The van der Waals surface area contributed by atoms with Crippen molar-refractivity contribution in [2.45, 2.75) is 58.5 Å². The number of H-pyrrole nitrogens is 1. The molecular weight excluding hydrogens is 360 g/mol. The van der Waals surface area contributed by atoms with Gasteiger partial charge in [-0.1, -0.05) is 38.1 Å². The largest absolute Gasteiger partial charge is 0.454 e. The van der Waals surface area contributed by atoms with Crippen LogP contribution in [0.3, 0.4) is 0 Å². The molecule has 3 aromatic rings. The fraction of sp³-hybridized carbons (Fsp3) is 0.450. The second-order valence-corrected chi connectivity index (χ2v) is 7.72. The number of para-hydroxylation sites is 1. The van der Waals surface area contributed by atoms with E-state index in [0.717, 1.165) is 0 Å². The molecule has 2 heterocycles. The van der Waals surface area contributed by atoms with Gasteiger partial charge in [-0.3, -0.25) is 9.59 Å². The summed E-state index contributed by atoms with van der Waals surface area (Å²) in [5, 5.41) is 4.46. The minimum atomic E-state index is -0.652. The number of hydrogen-bond donors (Lipinski definition) is 1. The maximum Gasteiger partial charge on any atom is 0.306 e. The van der Waals surface area contributed by atoms with E-state index in [2.05, 4.69) is 20.1 Å². The van der Waals surface area contributed by atoms with Crippen LogP contribution in [0.25, 0.3) is 10.9 Å². The van der Waals surface area contributed by atoms with Gasteiger partial charge in [0.1, 0.15) is 0 Å². The number of aromatic nitrogens is 4. The molecule has 1 aromatic carbocycles. The van der Waals surface area contributed by atoms with Crippen LogP contribution >= 0.6 is 0 Å². The van der Waals surface area contributed by atoms with Gasteiger partial charge in [-0.25, -0.2) is 4.98 Å². The molecule has 8 nitrogen and oxygen atoms in total. The number of nitrogens with one attached hydrogen (secondary N) is 1. The Hall–Kier alpha value is -3.03. The Morgan fingerprint density at radius 1 is 1.25 bits per heavy atom. The topological polar surface area (TPSA) is 111 Å². The summed E-state index contributed by atoms with van der Waals surface area (Å²) >= 11 is 0. The van der Waals surface area contributed by atoms with Crippen molar-refractivity contribution >= 4 is 16.9 Å². The Morgan fingerprint density at radius 3 is 2.71 bits per heavy atom. The summed E-state index contributed by atoms with van der Waals surface area (Å²) in [6, 6.07) is 7.02. The summed E-state index contributed by atoms with van der Waals surface area (Å²) in [5.41, 5.74) is 0.129. The van der Waals surface area contributed by atoms with Crippen molar-refractivity contribution in [2.24, 2.45) is 0 Å². The number of hydrogen-bond acceptors (Lipinski definition) is 7. The minimum Gasteiger partial charge on any atom is -0.454 e. The predicted molar refractivity (Wildman–Crippen MR) is 103 cm³/mol. The Balaban J connectivity index is 1.55. The molecule has 1 N–H and O–H groups in total. The SMILES string of the molecule is CC(OC(=O)CCCc1nc(C(C)(C)C)no1)c1nc2ccccc2c(=O)[nH]1. The molecule has 28 heavy (non-hydrogen) atoms. The second-order valence-electron chi connectivity index (χ2n) is 7.72. The van der Waals surface area contributed by atoms with E-state index in [1.165, 1.54) is 0 Å². The van der Waals surface area contributed by atoms with Crippen LogP contribution < -0.4 is 5.56 Å². The predicted octanol–water partition coefficient (Wildman–Crippen LogP) is 3.23. The van der Waals surface area contributed by atoms with Crippen LogP contribution in [0.15, 0.2) is 33.6 Å². The molecule has 0 saturated heterocycles. The fourth-order valence-electron chi connectivity index (χ4n) is 2.65. The zero-order chi connectivity index (χ0) is 20.3. The van der Waals surface area contributed by atoms with E-state index in [1.807, 2.05) is 20.8 Å². The Morgan fingerprint density at radius 2 is 2.00 bits per heavy atom. The first-order chi connectivity index (χ1) is 13.2. The molecule has 3 rings (SSSR count). The van der Waals surface area contributed by atoms with Gasteiger partial charge in [0.25, 0.3) is 5.56 Å². The van der Waals surface area contributed by atoms with Crippen LogP contribution in [0, 0.1) is 0 Å². The van der Waals surface area contributed by atoms with Crippen LogP contribution in [0.2, 0.25) is 0 Å². The summed E-state index contributed by atoms with van der Waals surface area (Å²) in [7, 11) is 0. The third-order valence-corrected chi connectivity index (χ3v) is 4.23. The zero-order valence-corrected chi connectivity index (χ0v) is 16.5. The number of rotatable bonds is 6. The van der Waals surface area contributed by atoms with E-state index in [4.69, 9.17) is 9.26 Å². The van der Waals surface area contributed by atoms with Crippen LogP contribution in [0.4, 0.5) is 0 Å². The molecule has 0 bridgehead atoms. The highest BCUT2D eigenvalue weighted by Crippen LogP contribution is 2.19. The summed E-state index contributed by atoms with van der Waals surface area (Å²) in [5.74, 6) is 1.10. The van der Waals surface area contributed by atoms with Gasteiger partial charge in [0, 0.05) is 18.3 Å². The Bertz CT molecular complexity index is 1030. The number of carbonyl (C=O) groups is 1. The second kappa shape index (κ2) is 7.92. The molecule has 0 fully saturated rings. The van der Waals surface area contributed by atoms with Gasteiger partial charge < -0.3 is 14.2 Å². The summed E-state index contributed by atoms with van der Waals surface area (Å²) in [6.45, 7) is 7.70. The molecule has 0 aliphatic carbocycles. The van der Waals surface area contributed by atoms with Gasteiger partial charge in [0.2, 0.25) is 5.89 Å². The molecule has 1 unspecified atom stereocenters. The summed E-state index contributed by atoms with van der Waals surface area (Å²) in [6.07, 6.45) is 0.576. The molecule has 0 spiro atoms. The number of aryl methyl sites for hydroxylation is 1. The maximum atomic E-state index is 12.1. The number of ether oxygens (including phenoxy) is 1. The Labute approximate surface area is 162 Å². The van der Waals surface area contributed by atoms with E-state index in [9.17, 15) is 9.59 Å². The molecule has 0 aliphatic rings. The highest BCUT2D eigenvalue weighted by atomic mass is 16.5.